The van der Waals surface area contributed by atoms with Gasteiger partial charge in [0.25, 0.3) is 0 Å². The number of carbonyl (C=O) groups excluding carboxylic acids is 1. The number of hydrogen-bond donors (Lipinski definition) is 1. The molecule has 94 valence electrons. The Kier molecular flexibility index (Phi) is 4.51. The number of nitrogens with one attached hydrogen (secondary N) is 1. The van der Waals surface area contributed by atoms with Crippen LogP contribution < -0.4 is 10.1 Å². The van der Waals surface area contributed by atoms with Gasteiger partial charge in [-0.1, -0.05) is 12.1 Å². The van der Waals surface area contributed by atoms with Crippen molar-refractivity contribution in [2.45, 2.75) is 6.18 Å². The number of rotatable bonds is 5. The molecule has 0 aromatic heterocycles. The largest absolute Gasteiger partial charge is 0.497 e. The third-order valence-corrected chi connectivity index (χ3v) is 2.00. The second-order valence-corrected chi connectivity index (χ2v) is 3.37. The Morgan fingerprint density at radius 2 is 2.12 bits per heavy atom. The molecule has 1 rings (SSSR count). The molecule has 1 N–H and O–H groups in total. The number of hydrogen-bond acceptors (Lipinski definition) is 3. The van der Waals surface area contributed by atoms with E-state index in [-0.39, 0.29) is 6.54 Å². The van der Waals surface area contributed by atoms with Crippen molar-refractivity contribution in [2.24, 2.45) is 0 Å². The summed E-state index contributed by atoms with van der Waals surface area (Å²) in [7, 11) is 1.45. The van der Waals surface area contributed by atoms with E-state index in [4.69, 9.17) is 4.74 Å². The summed E-state index contributed by atoms with van der Waals surface area (Å²) < 4.78 is 40.4. The minimum Gasteiger partial charge on any atom is -0.497 e. The summed E-state index contributed by atoms with van der Waals surface area (Å²) in [6, 6.07) is 6.27. The number of benzene rings is 1. The summed E-state index contributed by atoms with van der Waals surface area (Å²) in [5.41, 5.74) is 0.319. The van der Waals surface area contributed by atoms with Gasteiger partial charge in [0.1, 0.15) is 5.75 Å². The van der Waals surface area contributed by atoms with Crippen molar-refractivity contribution in [3.8, 4) is 5.75 Å². The molecule has 0 amide bonds. The van der Waals surface area contributed by atoms with Crippen LogP contribution in [-0.4, -0.2) is 32.2 Å². The molecule has 0 radical (unpaired) electrons. The molecule has 0 saturated carbocycles. The Labute approximate surface area is 96.6 Å². The SMILES string of the molecule is COc1cccc(C(=O)CNCC(F)(F)F)c1. The van der Waals surface area contributed by atoms with E-state index in [1.165, 1.54) is 19.2 Å². The Morgan fingerprint density at radius 3 is 2.71 bits per heavy atom. The Hall–Kier alpha value is -1.56. The van der Waals surface area contributed by atoms with Gasteiger partial charge >= 0.3 is 6.18 Å². The zero-order valence-electron chi connectivity index (χ0n) is 9.17. The van der Waals surface area contributed by atoms with Crippen molar-refractivity contribution in [1.29, 1.82) is 0 Å². The summed E-state index contributed by atoms with van der Waals surface area (Å²) in [4.78, 5) is 11.5. The summed E-state index contributed by atoms with van der Waals surface area (Å²) in [5.74, 6) is 0.0832. The van der Waals surface area contributed by atoms with Gasteiger partial charge in [-0.05, 0) is 12.1 Å². The molecule has 1 aromatic carbocycles. The van der Waals surface area contributed by atoms with Gasteiger partial charge in [-0.25, -0.2) is 0 Å². The normalized spacial score (nSPS) is 11.3. The highest BCUT2D eigenvalue weighted by atomic mass is 19.4. The van der Waals surface area contributed by atoms with Crippen molar-refractivity contribution in [1.82, 2.24) is 5.32 Å². The molecule has 0 saturated heterocycles. The molecule has 0 aliphatic rings. The lowest BCUT2D eigenvalue weighted by Crippen LogP contribution is -2.32. The predicted octanol–water partition coefficient (Wildman–Crippen LogP) is 2.03. The van der Waals surface area contributed by atoms with Gasteiger partial charge in [-0.2, -0.15) is 13.2 Å². The number of alkyl halides is 3. The molecular formula is C11H12F3NO2. The summed E-state index contributed by atoms with van der Waals surface area (Å²) in [6.07, 6.45) is -4.31. The standard InChI is InChI=1S/C11H12F3NO2/c1-17-9-4-2-3-8(5-9)10(16)6-15-7-11(12,13)14/h2-5,15H,6-7H2,1H3. The molecule has 3 nitrogen and oxygen atoms in total. The Morgan fingerprint density at radius 1 is 1.41 bits per heavy atom. The number of ketones is 1. The number of carbonyl (C=O) groups is 1. The molecule has 0 unspecified atom stereocenters. The maximum atomic E-state index is 11.8. The van der Waals surface area contributed by atoms with E-state index in [0.717, 1.165) is 0 Å². The van der Waals surface area contributed by atoms with Gasteiger partial charge in [0.15, 0.2) is 5.78 Å². The van der Waals surface area contributed by atoms with Crippen molar-refractivity contribution in [3.05, 3.63) is 29.8 Å². The van der Waals surface area contributed by atoms with Crippen LogP contribution in [0.25, 0.3) is 0 Å². The van der Waals surface area contributed by atoms with Gasteiger partial charge < -0.3 is 10.1 Å². The first kappa shape index (κ1) is 13.5. The monoisotopic (exact) mass is 247 g/mol. The van der Waals surface area contributed by atoms with E-state index in [2.05, 4.69) is 0 Å². The van der Waals surface area contributed by atoms with Gasteiger partial charge in [0.2, 0.25) is 0 Å². The molecule has 0 fully saturated rings. The fourth-order valence-electron chi connectivity index (χ4n) is 1.22. The third kappa shape index (κ3) is 4.86. The third-order valence-electron chi connectivity index (χ3n) is 2.00. The fourth-order valence-corrected chi connectivity index (χ4v) is 1.22. The van der Waals surface area contributed by atoms with Crippen LogP contribution in [0, 0.1) is 0 Å². The zero-order chi connectivity index (χ0) is 12.9. The van der Waals surface area contributed by atoms with E-state index in [1.54, 1.807) is 12.1 Å². The summed E-state index contributed by atoms with van der Waals surface area (Å²) in [6.45, 7) is -1.53. The number of Topliss-reactive ketones (excluding diaryl/α,β-unsaturated/α-hetero) is 1. The lowest BCUT2D eigenvalue weighted by molar-refractivity contribution is -0.124. The van der Waals surface area contributed by atoms with Crippen molar-refractivity contribution >= 4 is 5.78 Å². The van der Waals surface area contributed by atoms with Crippen LogP contribution in [-0.2, 0) is 0 Å². The molecule has 0 atom stereocenters. The van der Waals surface area contributed by atoms with Crippen molar-refractivity contribution in [2.75, 3.05) is 20.2 Å². The number of halogens is 3. The van der Waals surface area contributed by atoms with Crippen molar-refractivity contribution in [3.63, 3.8) is 0 Å². The van der Waals surface area contributed by atoms with Crippen LogP contribution in [0.3, 0.4) is 0 Å². The quantitative estimate of drug-likeness (QED) is 0.809. The fraction of sp³-hybridized carbons (Fsp3) is 0.364. The minimum absolute atomic E-state index is 0.319. The van der Waals surface area contributed by atoms with Crippen LogP contribution in [0.4, 0.5) is 13.2 Å². The predicted molar refractivity (Wildman–Crippen MR) is 56.2 cm³/mol. The molecule has 6 heteroatoms. The molecular weight excluding hydrogens is 235 g/mol. The smallest absolute Gasteiger partial charge is 0.401 e. The molecule has 0 heterocycles. The van der Waals surface area contributed by atoms with E-state index in [9.17, 15) is 18.0 Å². The lowest BCUT2D eigenvalue weighted by Gasteiger charge is -2.08. The second-order valence-electron chi connectivity index (χ2n) is 3.37. The number of ether oxygens (including phenoxy) is 1. The van der Waals surface area contributed by atoms with Crippen LogP contribution in [0.15, 0.2) is 24.3 Å². The topological polar surface area (TPSA) is 38.3 Å². The number of methoxy groups -OCH3 is 1. The van der Waals surface area contributed by atoms with Gasteiger partial charge in [-0.3, -0.25) is 4.79 Å². The van der Waals surface area contributed by atoms with Gasteiger partial charge in [0.05, 0.1) is 20.2 Å². The highest BCUT2D eigenvalue weighted by Gasteiger charge is 2.26. The highest BCUT2D eigenvalue weighted by molar-refractivity contribution is 5.97. The van der Waals surface area contributed by atoms with E-state index >= 15 is 0 Å². The van der Waals surface area contributed by atoms with E-state index < -0.39 is 18.5 Å². The first-order valence-corrected chi connectivity index (χ1v) is 4.87. The van der Waals surface area contributed by atoms with E-state index in [1.807, 2.05) is 5.32 Å². The van der Waals surface area contributed by atoms with Gasteiger partial charge in [-0.15, -0.1) is 0 Å². The molecule has 0 aliphatic carbocycles. The average Bonchev–Trinajstić information content (AvgIpc) is 2.27. The van der Waals surface area contributed by atoms with Crippen molar-refractivity contribution < 1.29 is 22.7 Å². The second kappa shape index (κ2) is 5.67. The molecule has 17 heavy (non-hydrogen) atoms. The lowest BCUT2D eigenvalue weighted by atomic mass is 10.1. The molecule has 1 aromatic rings. The first-order valence-electron chi connectivity index (χ1n) is 4.87. The van der Waals surface area contributed by atoms with Crippen LogP contribution in [0.5, 0.6) is 5.75 Å². The Balaban J connectivity index is 2.52. The molecule has 0 spiro atoms. The van der Waals surface area contributed by atoms with Crippen LogP contribution in [0.1, 0.15) is 10.4 Å². The van der Waals surface area contributed by atoms with Crippen LogP contribution >= 0.6 is 0 Å². The first-order chi connectivity index (χ1) is 7.92. The average molecular weight is 247 g/mol. The summed E-state index contributed by atoms with van der Waals surface area (Å²) >= 11 is 0. The van der Waals surface area contributed by atoms with Gasteiger partial charge in [0, 0.05) is 5.56 Å². The Bertz CT molecular complexity index is 391. The molecule has 0 bridgehead atoms. The maximum absolute atomic E-state index is 11.8. The zero-order valence-corrected chi connectivity index (χ0v) is 9.17. The van der Waals surface area contributed by atoms with Crippen LogP contribution in [0.2, 0.25) is 0 Å². The van der Waals surface area contributed by atoms with E-state index in [0.29, 0.717) is 11.3 Å². The highest BCUT2D eigenvalue weighted by Crippen LogP contribution is 2.14. The molecule has 0 aliphatic heterocycles. The summed E-state index contributed by atoms with van der Waals surface area (Å²) in [5, 5.41) is 2.05. The minimum atomic E-state index is -4.31. The maximum Gasteiger partial charge on any atom is 0.401 e.